The number of nitrogens with one attached hydrogen (secondary N) is 1. The van der Waals surface area contributed by atoms with Gasteiger partial charge in [-0.25, -0.2) is 0 Å². The van der Waals surface area contributed by atoms with Crippen molar-refractivity contribution in [3.05, 3.63) is 24.3 Å². The molecule has 0 atom stereocenters. The van der Waals surface area contributed by atoms with E-state index in [-0.39, 0.29) is 0 Å². The van der Waals surface area contributed by atoms with Crippen LogP contribution >= 0.6 is 0 Å². The molecule has 0 spiro atoms. The van der Waals surface area contributed by atoms with Gasteiger partial charge in [-0.2, -0.15) is 0 Å². The average Bonchev–Trinajstić information content (AvgIpc) is 2.48. The number of hydrogen-bond acceptors (Lipinski definition) is 5. The molecule has 0 bridgehead atoms. The van der Waals surface area contributed by atoms with Gasteiger partial charge in [-0.1, -0.05) is 0 Å². The minimum Gasteiger partial charge on any atom is -0.497 e. The van der Waals surface area contributed by atoms with Crippen molar-refractivity contribution in [2.75, 3.05) is 60.7 Å². The zero-order valence-corrected chi connectivity index (χ0v) is 12.7. The van der Waals surface area contributed by atoms with Crippen molar-refractivity contribution in [2.24, 2.45) is 0 Å². The van der Waals surface area contributed by atoms with E-state index in [1.165, 1.54) is 0 Å². The SMILES string of the molecule is COCCNCCN(C)CCOc1ccc(OC)cc1. The third kappa shape index (κ3) is 7.33. The first-order valence-electron chi connectivity index (χ1n) is 6.91. The maximum atomic E-state index is 5.68. The highest BCUT2D eigenvalue weighted by Gasteiger charge is 1.99. The molecule has 0 aliphatic rings. The van der Waals surface area contributed by atoms with Crippen molar-refractivity contribution in [3.8, 4) is 11.5 Å². The summed E-state index contributed by atoms with van der Waals surface area (Å²) in [5.41, 5.74) is 0. The summed E-state index contributed by atoms with van der Waals surface area (Å²) in [6.45, 7) is 5.19. The lowest BCUT2D eigenvalue weighted by Gasteiger charge is -2.17. The van der Waals surface area contributed by atoms with Crippen LogP contribution in [0.15, 0.2) is 24.3 Å². The van der Waals surface area contributed by atoms with Crippen LogP contribution in [0.3, 0.4) is 0 Å². The van der Waals surface area contributed by atoms with E-state index in [0.717, 1.165) is 44.3 Å². The standard InChI is InChI=1S/C15H26N2O3/c1-17(10-8-16-9-12-18-2)11-13-20-15-6-4-14(19-3)5-7-15/h4-7,16H,8-13H2,1-3H3. The highest BCUT2D eigenvalue weighted by atomic mass is 16.5. The molecule has 0 fully saturated rings. The molecule has 114 valence electrons. The predicted molar refractivity (Wildman–Crippen MR) is 80.7 cm³/mol. The Balaban J connectivity index is 2.07. The van der Waals surface area contributed by atoms with Crippen LogP contribution < -0.4 is 14.8 Å². The topological polar surface area (TPSA) is 43.0 Å². The number of benzene rings is 1. The summed E-state index contributed by atoms with van der Waals surface area (Å²) in [5.74, 6) is 1.72. The predicted octanol–water partition coefficient (Wildman–Crippen LogP) is 1.24. The molecule has 0 aromatic heterocycles. The van der Waals surface area contributed by atoms with Gasteiger partial charge in [0.1, 0.15) is 18.1 Å². The van der Waals surface area contributed by atoms with Gasteiger partial charge in [-0.15, -0.1) is 0 Å². The van der Waals surface area contributed by atoms with Gasteiger partial charge in [-0.3, -0.25) is 0 Å². The van der Waals surface area contributed by atoms with Crippen LogP contribution in [0.25, 0.3) is 0 Å². The second-order valence-electron chi connectivity index (χ2n) is 4.57. The molecule has 1 rings (SSSR count). The first-order chi connectivity index (χ1) is 9.76. The fourth-order valence-electron chi connectivity index (χ4n) is 1.67. The number of hydrogen-bond donors (Lipinski definition) is 1. The molecular weight excluding hydrogens is 256 g/mol. The molecule has 1 N–H and O–H groups in total. The Morgan fingerprint density at radius 3 is 2.30 bits per heavy atom. The summed E-state index contributed by atoms with van der Waals surface area (Å²) in [4.78, 5) is 2.24. The Bertz CT molecular complexity index is 343. The summed E-state index contributed by atoms with van der Waals surface area (Å²) in [7, 11) is 5.46. The second kappa shape index (κ2) is 10.5. The van der Waals surface area contributed by atoms with Gasteiger partial charge in [0, 0.05) is 33.3 Å². The molecule has 5 heteroatoms. The van der Waals surface area contributed by atoms with Crippen LogP contribution in [0.4, 0.5) is 0 Å². The monoisotopic (exact) mass is 282 g/mol. The molecule has 0 unspecified atom stereocenters. The highest BCUT2D eigenvalue weighted by molar-refractivity contribution is 5.31. The summed E-state index contributed by atoms with van der Waals surface area (Å²) < 4.78 is 15.8. The van der Waals surface area contributed by atoms with Crippen molar-refractivity contribution in [3.63, 3.8) is 0 Å². The summed E-state index contributed by atoms with van der Waals surface area (Å²) in [6.07, 6.45) is 0. The molecule has 20 heavy (non-hydrogen) atoms. The molecule has 0 heterocycles. The van der Waals surface area contributed by atoms with Crippen molar-refractivity contribution in [1.82, 2.24) is 10.2 Å². The molecule has 0 amide bonds. The van der Waals surface area contributed by atoms with Crippen LogP contribution in [0, 0.1) is 0 Å². The number of nitrogens with zero attached hydrogens (tertiary/aromatic N) is 1. The third-order valence-electron chi connectivity index (χ3n) is 2.95. The van der Waals surface area contributed by atoms with Crippen LogP contribution in [0.5, 0.6) is 11.5 Å². The molecule has 0 saturated carbocycles. The lowest BCUT2D eigenvalue weighted by molar-refractivity contribution is 0.196. The van der Waals surface area contributed by atoms with Crippen molar-refractivity contribution >= 4 is 0 Å². The third-order valence-corrected chi connectivity index (χ3v) is 2.95. The fourth-order valence-corrected chi connectivity index (χ4v) is 1.67. The van der Waals surface area contributed by atoms with Crippen LogP contribution in [0.1, 0.15) is 0 Å². The molecule has 0 aliphatic heterocycles. The van der Waals surface area contributed by atoms with Gasteiger partial charge in [-0.05, 0) is 31.3 Å². The largest absolute Gasteiger partial charge is 0.497 e. The fraction of sp³-hybridized carbons (Fsp3) is 0.600. The normalized spacial score (nSPS) is 10.8. The molecular formula is C15H26N2O3. The minimum atomic E-state index is 0.681. The van der Waals surface area contributed by atoms with E-state index in [4.69, 9.17) is 14.2 Å². The number of rotatable bonds is 11. The molecule has 0 saturated heterocycles. The van der Waals surface area contributed by atoms with E-state index in [9.17, 15) is 0 Å². The Labute approximate surface area is 121 Å². The number of ether oxygens (including phenoxy) is 3. The number of likely N-dealkylation sites (N-methyl/N-ethyl adjacent to an activating group) is 1. The Morgan fingerprint density at radius 2 is 1.65 bits per heavy atom. The van der Waals surface area contributed by atoms with E-state index in [1.807, 2.05) is 24.3 Å². The van der Waals surface area contributed by atoms with Gasteiger partial charge in [0.15, 0.2) is 0 Å². The highest BCUT2D eigenvalue weighted by Crippen LogP contribution is 2.16. The van der Waals surface area contributed by atoms with Crippen LogP contribution in [0.2, 0.25) is 0 Å². The van der Waals surface area contributed by atoms with Gasteiger partial charge in [0.2, 0.25) is 0 Å². The van der Waals surface area contributed by atoms with Gasteiger partial charge in [0.25, 0.3) is 0 Å². The summed E-state index contributed by atoms with van der Waals surface area (Å²) >= 11 is 0. The Kier molecular flexibility index (Phi) is 8.78. The maximum absolute atomic E-state index is 5.68. The van der Waals surface area contributed by atoms with Gasteiger partial charge < -0.3 is 24.4 Å². The van der Waals surface area contributed by atoms with Crippen molar-refractivity contribution in [2.45, 2.75) is 0 Å². The zero-order chi connectivity index (χ0) is 14.6. The molecule has 0 aliphatic carbocycles. The van der Waals surface area contributed by atoms with Crippen LogP contribution in [-0.2, 0) is 4.74 Å². The zero-order valence-electron chi connectivity index (χ0n) is 12.7. The average molecular weight is 282 g/mol. The van der Waals surface area contributed by atoms with E-state index in [2.05, 4.69) is 17.3 Å². The van der Waals surface area contributed by atoms with Crippen LogP contribution in [-0.4, -0.2) is 65.6 Å². The van der Waals surface area contributed by atoms with Crippen molar-refractivity contribution in [1.29, 1.82) is 0 Å². The van der Waals surface area contributed by atoms with E-state index in [1.54, 1.807) is 14.2 Å². The van der Waals surface area contributed by atoms with E-state index < -0.39 is 0 Å². The quantitative estimate of drug-likeness (QED) is 0.619. The molecule has 1 aromatic carbocycles. The summed E-state index contributed by atoms with van der Waals surface area (Å²) in [6, 6.07) is 7.65. The summed E-state index contributed by atoms with van der Waals surface area (Å²) in [5, 5.41) is 3.32. The van der Waals surface area contributed by atoms with Gasteiger partial charge >= 0.3 is 0 Å². The lowest BCUT2D eigenvalue weighted by atomic mass is 10.3. The first kappa shape index (κ1) is 16.8. The number of methoxy groups -OCH3 is 2. The minimum absolute atomic E-state index is 0.681. The van der Waals surface area contributed by atoms with Crippen molar-refractivity contribution < 1.29 is 14.2 Å². The molecule has 0 radical (unpaired) electrons. The maximum Gasteiger partial charge on any atom is 0.119 e. The smallest absolute Gasteiger partial charge is 0.119 e. The second-order valence-corrected chi connectivity index (χ2v) is 4.57. The van der Waals surface area contributed by atoms with Gasteiger partial charge in [0.05, 0.1) is 13.7 Å². The molecule has 5 nitrogen and oxygen atoms in total. The van der Waals surface area contributed by atoms with E-state index >= 15 is 0 Å². The lowest BCUT2D eigenvalue weighted by Crippen LogP contribution is -2.33. The first-order valence-corrected chi connectivity index (χ1v) is 6.91. The Hall–Kier alpha value is -1.30. The Morgan fingerprint density at radius 1 is 0.950 bits per heavy atom. The molecule has 1 aromatic rings. The van der Waals surface area contributed by atoms with E-state index in [0.29, 0.717) is 6.61 Å².